The van der Waals surface area contributed by atoms with E-state index in [1.54, 1.807) is 23.2 Å². The van der Waals surface area contributed by atoms with E-state index in [2.05, 4.69) is 33.5 Å². The maximum absolute atomic E-state index is 14.4. The van der Waals surface area contributed by atoms with Gasteiger partial charge in [-0.15, -0.1) is 5.10 Å². The molecule has 1 unspecified atom stereocenters. The van der Waals surface area contributed by atoms with Crippen molar-refractivity contribution < 1.29 is 18.7 Å². The Hall–Kier alpha value is -4.47. The number of halogens is 1. The van der Waals surface area contributed by atoms with Crippen molar-refractivity contribution in [3.63, 3.8) is 0 Å². The highest BCUT2D eigenvalue weighted by Crippen LogP contribution is 2.45. The number of urea groups is 1. The molecule has 2 aromatic heterocycles. The molecule has 1 atom stereocenters. The van der Waals surface area contributed by atoms with Crippen molar-refractivity contribution in [2.75, 3.05) is 10.2 Å². The maximum Gasteiger partial charge on any atom is 0.326 e. The number of carbonyl (C=O) groups is 1. The third kappa shape index (κ3) is 3.84. The summed E-state index contributed by atoms with van der Waals surface area (Å²) in [5.74, 6) is 1.26. The Balaban J connectivity index is 1.23. The van der Waals surface area contributed by atoms with Gasteiger partial charge in [-0.05, 0) is 68.5 Å². The highest BCUT2D eigenvalue weighted by Gasteiger charge is 2.36. The van der Waals surface area contributed by atoms with Gasteiger partial charge in [-0.3, -0.25) is 9.88 Å². The molecule has 10 heteroatoms. The van der Waals surface area contributed by atoms with Crippen LogP contribution in [-0.4, -0.2) is 21.9 Å². The fourth-order valence-corrected chi connectivity index (χ4v) is 5.32. The van der Waals surface area contributed by atoms with Gasteiger partial charge in [0.25, 0.3) is 5.90 Å². The van der Waals surface area contributed by atoms with Gasteiger partial charge in [-0.25, -0.2) is 19.6 Å². The zero-order chi connectivity index (χ0) is 26.0. The van der Waals surface area contributed by atoms with E-state index in [9.17, 15) is 9.18 Å². The molecule has 0 radical (unpaired) electrons. The zero-order valence-electron chi connectivity index (χ0n) is 20.8. The molecule has 1 aliphatic carbocycles. The molecule has 2 amide bonds. The van der Waals surface area contributed by atoms with Crippen molar-refractivity contribution in [3.8, 4) is 5.75 Å². The summed E-state index contributed by atoms with van der Waals surface area (Å²) in [5, 5.41) is 7.19. The molecule has 0 bridgehead atoms. The number of ether oxygens (including phenoxy) is 2. The highest BCUT2D eigenvalue weighted by molar-refractivity contribution is 6.06. The van der Waals surface area contributed by atoms with Crippen LogP contribution in [0, 0.1) is 12.7 Å². The van der Waals surface area contributed by atoms with Gasteiger partial charge >= 0.3 is 6.03 Å². The van der Waals surface area contributed by atoms with Crippen LogP contribution in [0.5, 0.6) is 5.75 Å². The summed E-state index contributed by atoms with van der Waals surface area (Å²) in [6, 6.07) is 8.45. The molecular weight excluding hydrogens is 487 g/mol. The number of amides is 2. The standard InChI is InChI=1S/C28H25FN6O3/c1-14-10-17-7-8-23(26-19(29)4-3-9-30-26)38-24(17)12-22(14)35-13-18-20(32-28(35)36)11-21(27-34-33-15(2)37-27)31-25(18)16-5-6-16/h3-4,9-12,16,23,33H,2,5-8,13H2,1H3,(H,32,36). The smallest absolute Gasteiger partial charge is 0.326 e. The minimum Gasteiger partial charge on any atom is -0.484 e. The number of anilines is 2. The van der Waals surface area contributed by atoms with E-state index < -0.39 is 6.10 Å². The van der Waals surface area contributed by atoms with Crippen LogP contribution in [0.1, 0.15) is 65.1 Å². The Morgan fingerprint density at radius 3 is 2.82 bits per heavy atom. The first-order valence-corrected chi connectivity index (χ1v) is 12.7. The number of hydrazone groups is 1. The predicted octanol–water partition coefficient (Wildman–Crippen LogP) is 5.17. The van der Waals surface area contributed by atoms with Crippen LogP contribution in [0.4, 0.5) is 20.6 Å². The van der Waals surface area contributed by atoms with Gasteiger partial charge in [0.15, 0.2) is 0 Å². The van der Waals surface area contributed by atoms with E-state index in [-0.39, 0.29) is 11.8 Å². The van der Waals surface area contributed by atoms with Crippen LogP contribution < -0.4 is 20.4 Å². The van der Waals surface area contributed by atoms with E-state index in [0.29, 0.717) is 53.5 Å². The maximum atomic E-state index is 14.4. The van der Waals surface area contributed by atoms with E-state index in [1.807, 2.05) is 13.0 Å². The topological polar surface area (TPSA) is 101 Å². The minimum atomic E-state index is -0.481. The van der Waals surface area contributed by atoms with Crippen molar-refractivity contribution in [1.29, 1.82) is 0 Å². The lowest BCUT2D eigenvalue weighted by molar-refractivity contribution is 0.167. The van der Waals surface area contributed by atoms with Gasteiger partial charge in [0, 0.05) is 23.7 Å². The summed E-state index contributed by atoms with van der Waals surface area (Å²) in [7, 11) is 0. The van der Waals surface area contributed by atoms with Gasteiger partial charge in [0.1, 0.15) is 29.1 Å². The third-order valence-corrected chi connectivity index (χ3v) is 7.35. The third-order valence-electron chi connectivity index (χ3n) is 7.35. The number of aromatic nitrogens is 2. The van der Waals surface area contributed by atoms with E-state index in [4.69, 9.17) is 14.5 Å². The summed E-state index contributed by atoms with van der Waals surface area (Å²) < 4.78 is 26.2. The van der Waals surface area contributed by atoms with Gasteiger partial charge in [-0.2, -0.15) is 0 Å². The van der Waals surface area contributed by atoms with Crippen LogP contribution >= 0.6 is 0 Å². The van der Waals surface area contributed by atoms with Crippen molar-refractivity contribution in [2.45, 2.75) is 51.2 Å². The Labute approximate surface area is 218 Å². The molecule has 7 rings (SSSR count). The van der Waals surface area contributed by atoms with Crippen LogP contribution in [0.15, 0.2) is 54.1 Å². The first-order valence-electron chi connectivity index (χ1n) is 12.7. The summed E-state index contributed by atoms with van der Waals surface area (Å²) in [6.45, 7) is 6.08. The number of pyridine rings is 2. The number of rotatable bonds is 4. The normalized spacial score (nSPS) is 20.0. The van der Waals surface area contributed by atoms with Crippen LogP contribution in [-0.2, 0) is 17.7 Å². The van der Waals surface area contributed by atoms with Gasteiger partial charge in [-0.1, -0.05) is 6.07 Å². The number of aryl methyl sites for hydroxylation is 2. The first-order chi connectivity index (χ1) is 18.4. The molecule has 5 heterocycles. The Kier molecular flexibility index (Phi) is 5.10. The molecule has 1 saturated carbocycles. The second-order valence-corrected chi connectivity index (χ2v) is 10.0. The number of hydrogen-bond donors (Lipinski definition) is 2. The molecule has 3 aliphatic heterocycles. The molecule has 2 N–H and O–H groups in total. The van der Waals surface area contributed by atoms with Crippen LogP contribution in [0.3, 0.4) is 0 Å². The number of hydrogen-bond acceptors (Lipinski definition) is 7. The lowest BCUT2D eigenvalue weighted by atomic mass is 9.96. The first kappa shape index (κ1) is 22.7. The molecule has 0 saturated heterocycles. The second kappa shape index (κ2) is 8.54. The quantitative estimate of drug-likeness (QED) is 0.500. The van der Waals surface area contributed by atoms with E-state index >= 15 is 0 Å². The van der Waals surface area contributed by atoms with E-state index in [0.717, 1.165) is 47.3 Å². The molecule has 192 valence electrons. The lowest BCUT2D eigenvalue weighted by Crippen LogP contribution is -2.40. The van der Waals surface area contributed by atoms with Gasteiger partial charge < -0.3 is 14.8 Å². The molecule has 4 aliphatic rings. The number of benzene rings is 1. The molecule has 1 fully saturated rings. The molecule has 9 nitrogen and oxygen atoms in total. The number of carbonyl (C=O) groups excluding carboxylic acids is 1. The largest absolute Gasteiger partial charge is 0.484 e. The van der Waals surface area contributed by atoms with Gasteiger partial charge in [0.05, 0.1) is 23.6 Å². The van der Waals surface area contributed by atoms with Crippen LogP contribution in [0.25, 0.3) is 0 Å². The van der Waals surface area contributed by atoms with Gasteiger partial charge in [0.2, 0.25) is 5.88 Å². The summed E-state index contributed by atoms with van der Waals surface area (Å²) >= 11 is 0. The Morgan fingerprint density at radius 2 is 2.05 bits per heavy atom. The molecule has 0 spiro atoms. The minimum absolute atomic E-state index is 0.251. The Bertz CT molecular complexity index is 1550. The molecule has 38 heavy (non-hydrogen) atoms. The van der Waals surface area contributed by atoms with Crippen molar-refractivity contribution in [3.05, 3.63) is 88.6 Å². The van der Waals surface area contributed by atoms with Crippen LogP contribution in [0.2, 0.25) is 0 Å². The summed E-state index contributed by atoms with van der Waals surface area (Å²) in [6.07, 6.45) is 4.55. The average molecular weight is 513 g/mol. The average Bonchev–Trinajstić information content (AvgIpc) is 3.67. The number of nitrogens with zero attached hydrogens (tertiary/aromatic N) is 4. The lowest BCUT2D eigenvalue weighted by Gasteiger charge is -2.33. The fourth-order valence-electron chi connectivity index (χ4n) is 5.32. The molecule has 1 aromatic carbocycles. The monoisotopic (exact) mass is 512 g/mol. The number of nitrogens with one attached hydrogen (secondary N) is 2. The number of fused-ring (bicyclic) bond motifs is 2. The molecular formula is C28H25FN6O3. The Morgan fingerprint density at radius 1 is 1.18 bits per heavy atom. The van der Waals surface area contributed by atoms with Crippen molar-refractivity contribution >= 4 is 23.3 Å². The fraction of sp³-hybridized carbons (Fsp3) is 0.286. The highest BCUT2D eigenvalue weighted by atomic mass is 19.1. The summed E-state index contributed by atoms with van der Waals surface area (Å²) in [4.78, 5) is 24.2. The SMILES string of the molecule is C=C1NN=C(c2cc3c(c(C4CC4)n2)CN(c2cc4c(cc2C)CCC(c2ncccc2F)O4)C(=O)N3)O1. The second-order valence-electron chi connectivity index (χ2n) is 10.0. The van der Waals surface area contributed by atoms with Crippen molar-refractivity contribution in [2.24, 2.45) is 5.10 Å². The predicted molar refractivity (Wildman–Crippen MR) is 138 cm³/mol. The molecule has 3 aromatic rings. The van der Waals surface area contributed by atoms with Crippen molar-refractivity contribution in [1.82, 2.24) is 15.4 Å². The summed E-state index contributed by atoms with van der Waals surface area (Å²) in [5.41, 5.74) is 8.92. The van der Waals surface area contributed by atoms with E-state index in [1.165, 1.54) is 6.07 Å². The zero-order valence-corrected chi connectivity index (χ0v) is 20.8.